The number of halogens is 3. The third-order valence-electron chi connectivity index (χ3n) is 7.47. The number of aryl methyl sites for hydroxylation is 1. The molecular formula is C34H33F3N2O5. The molecule has 0 spiro atoms. The molecule has 1 unspecified atom stereocenters. The summed E-state index contributed by atoms with van der Waals surface area (Å²) in [4.78, 5) is 29.9. The number of hydrogen-bond acceptors (Lipinski definition) is 5. The number of hydrogen-bond donors (Lipinski definition) is 2. The number of aromatic nitrogens is 2. The standard InChI is InChI=1S/C34H33F3N2O5/c1-33(2,3)19-27(40)43-18-17-23-22-9-5-7-11-25(22)38-30(23)28(20-13-15-21(16-14-20)44-34(35,36)37)29-31(41)24-10-6-8-12-26(24)39(4)32(29)42/h5-16,28,38,41H,17-19H2,1-4H3. The van der Waals surface area contributed by atoms with Crippen molar-refractivity contribution in [2.24, 2.45) is 12.5 Å². The Balaban J connectivity index is 1.69. The van der Waals surface area contributed by atoms with Crippen molar-refractivity contribution in [3.63, 3.8) is 0 Å². The second-order valence-corrected chi connectivity index (χ2v) is 12.0. The van der Waals surface area contributed by atoms with Crippen molar-refractivity contribution in [2.75, 3.05) is 6.61 Å². The van der Waals surface area contributed by atoms with E-state index in [1.807, 2.05) is 45.0 Å². The van der Waals surface area contributed by atoms with E-state index in [1.165, 1.54) is 28.8 Å². The van der Waals surface area contributed by atoms with Crippen LogP contribution in [0.4, 0.5) is 13.2 Å². The fourth-order valence-corrected chi connectivity index (χ4v) is 5.59. The maximum Gasteiger partial charge on any atom is 0.573 e. The summed E-state index contributed by atoms with van der Waals surface area (Å²) in [7, 11) is 1.60. The van der Waals surface area contributed by atoms with Crippen molar-refractivity contribution in [2.45, 2.75) is 45.9 Å². The number of carbonyl (C=O) groups excluding carboxylic acids is 1. The third-order valence-corrected chi connectivity index (χ3v) is 7.47. The number of aromatic hydroxyl groups is 1. The normalized spacial score (nSPS) is 12.9. The lowest BCUT2D eigenvalue weighted by Crippen LogP contribution is -2.25. The van der Waals surface area contributed by atoms with Crippen molar-refractivity contribution in [1.29, 1.82) is 0 Å². The molecule has 0 saturated heterocycles. The first-order chi connectivity index (χ1) is 20.7. The molecule has 5 aromatic rings. The van der Waals surface area contributed by atoms with Gasteiger partial charge in [0.2, 0.25) is 0 Å². The summed E-state index contributed by atoms with van der Waals surface area (Å²) in [6.07, 6.45) is -4.35. The van der Waals surface area contributed by atoms with E-state index >= 15 is 0 Å². The number of benzene rings is 3. The number of ether oxygens (including phenoxy) is 2. The lowest BCUT2D eigenvalue weighted by atomic mass is 9.85. The largest absolute Gasteiger partial charge is 0.573 e. The molecule has 0 fully saturated rings. The zero-order valence-electron chi connectivity index (χ0n) is 24.8. The topological polar surface area (TPSA) is 93.5 Å². The Hall–Kier alpha value is -4.73. The van der Waals surface area contributed by atoms with E-state index < -0.39 is 23.6 Å². The van der Waals surface area contributed by atoms with Gasteiger partial charge in [0.25, 0.3) is 5.56 Å². The smallest absolute Gasteiger partial charge is 0.507 e. The number of rotatable bonds is 8. The number of alkyl halides is 3. The minimum atomic E-state index is -4.87. The highest BCUT2D eigenvalue weighted by Gasteiger charge is 2.33. The first-order valence-electron chi connectivity index (χ1n) is 14.1. The van der Waals surface area contributed by atoms with Crippen molar-refractivity contribution < 1.29 is 32.5 Å². The number of aromatic amines is 1. The predicted octanol–water partition coefficient (Wildman–Crippen LogP) is 7.33. The molecule has 5 rings (SSSR count). The van der Waals surface area contributed by atoms with E-state index in [0.717, 1.165) is 16.5 Å². The number of fused-ring (bicyclic) bond motifs is 2. The van der Waals surface area contributed by atoms with Gasteiger partial charge in [0.15, 0.2) is 0 Å². The predicted molar refractivity (Wildman–Crippen MR) is 162 cm³/mol. The van der Waals surface area contributed by atoms with Crippen LogP contribution >= 0.6 is 0 Å². The van der Waals surface area contributed by atoms with Gasteiger partial charge in [0, 0.05) is 35.5 Å². The molecule has 0 amide bonds. The number of carbonyl (C=O) groups is 1. The quantitative estimate of drug-likeness (QED) is 0.181. The molecular weight excluding hydrogens is 573 g/mol. The Bertz CT molecular complexity index is 1880. The highest BCUT2D eigenvalue weighted by atomic mass is 19.4. The maximum atomic E-state index is 14.0. The third kappa shape index (κ3) is 6.44. The van der Waals surface area contributed by atoms with Gasteiger partial charge in [-0.2, -0.15) is 0 Å². The molecule has 0 aliphatic carbocycles. The highest BCUT2D eigenvalue weighted by Crippen LogP contribution is 2.41. The fourth-order valence-electron chi connectivity index (χ4n) is 5.59. The van der Waals surface area contributed by atoms with Crippen LogP contribution in [0.3, 0.4) is 0 Å². The Morgan fingerprint density at radius 2 is 1.59 bits per heavy atom. The van der Waals surface area contributed by atoms with Crippen molar-refractivity contribution in [1.82, 2.24) is 9.55 Å². The van der Waals surface area contributed by atoms with Crippen LogP contribution in [-0.4, -0.2) is 33.6 Å². The maximum absolute atomic E-state index is 14.0. The summed E-state index contributed by atoms with van der Waals surface area (Å²) in [6, 6.07) is 19.6. The van der Waals surface area contributed by atoms with Gasteiger partial charge in [0.1, 0.15) is 11.5 Å². The number of para-hydroxylation sites is 2. The van der Waals surface area contributed by atoms with Crippen LogP contribution in [0.25, 0.3) is 21.8 Å². The molecule has 7 nitrogen and oxygen atoms in total. The van der Waals surface area contributed by atoms with Gasteiger partial charge in [-0.3, -0.25) is 9.59 Å². The Morgan fingerprint density at radius 1 is 0.955 bits per heavy atom. The van der Waals surface area contributed by atoms with Crippen LogP contribution in [0.15, 0.2) is 77.6 Å². The summed E-state index contributed by atoms with van der Waals surface area (Å²) >= 11 is 0. The van der Waals surface area contributed by atoms with Gasteiger partial charge in [-0.1, -0.05) is 63.2 Å². The molecule has 0 aliphatic rings. The number of nitrogens with one attached hydrogen (secondary N) is 1. The minimum Gasteiger partial charge on any atom is -0.507 e. The molecule has 1 atom stereocenters. The van der Waals surface area contributed by atoms with Crippen LogP contribution in [0, 0.1) is 5.41 Å². The lowest BCUT2D eigenvalue weighted by molar-refractivity contribution is -0.274. The van der Waals surface area contributed by atoms with Gasteiger partial charge < -0.3 is 24.1 Å². The zero-order valence-corrected chi connectivity index (χ0v) is 24.8. The van der Waals surface area contributed by atoms with E-state index in [-0.39, 0.29) is 42.1 Å². The molecule has 3 aromatic carbocycles. The summed E-state index contributed by atoms with van der Waals surface area (Å²) in [6.45, 7) is 5.89. The average molecular weight is 607 g/mol. The van der Waals surface area contributed by atoms with Crippen molar-refractivity contribution in [3.8, 4) is 11.5 Å². The Morgan fingerprint density at radius 3 is 2.25 bits per heavy atom. The molecule has 0 aliphatic heterocycles. The summed E-state index contributed by atoms with van der Waals surface area (Å²) in [5.41, 5.74) is 2.34. The SMILES string of the molecule is Cn1c(=O)c(C(c2ccc(OC(F)(F)F)cc2)c2[nH]c3ccccc3c2CCOC(=O)CC(C)(C)C)c(O)c2ccccc21. The highest BCUT2D eigenvalue weighted by molar-refractivity contribution is 5.88. The number of H-pyrrole nitrogens is 1. The average Bonchev–Trinajstić information content (AvgIpc) is 3.31. The molecule has 10 heteroatoms. The van der Waals surface area contributed by atoms with Gasteiger partial charge in [0.05, 0.1) is 30.0 Å². The first kappa shape index (κ1) is 30.7. The molecule has 2 aromatic heterocycles. The van der Waals surface area contributed by atoms with Gasteiger partial charge in [-0.25, -0.2) is 0 Å². The van der Waals surface area contributed by atoms with Crippen LogP contribution in [0.5, 0.6) is 11.5 Å². The fraction of sp³-hybridized carbons (Fsp3) is 0.294. The van der Waals surface area contributed by atoms with E-state index in [0.29, 0.717) is 22.2 Å². The lowest BCUT2D eigenvalue weighted by Gasteiger charge is -2.22. The Labute approximate surface area is 251 Å². The molecule has 44 heavy (non-hydrogen) atoms. The number of pyridine rings is 1. The van der Waals surface area contributed by atoms with Crippen molar-refractivity contribution >= 4 is 27.8 Å². The molecule has 2 N–H and O–H groups in total. The molecule has 0 saturated carbocycles. The number of nitrogens with zero attached hydrogens (tertiary/aromatic N) is 1. The van der Waals surface area contributed by atoms with E-state index in [9.17, 15) is 27.9 Å². The molecule has 2 heterocycles. The van der Waals surface area contributed by atoms with Crippen LogP contribution in [-0.2, 0) is 23.0 Å². The monoisotopic (exact) mass is 606 g/mol. The second kappa shape index (κ2) is 11.7. The summed E-state index contributed by atoms with van der Waals surface area (Å²) < 4.78 is 49.9. The van der Waals surface area contributed by atoms with E-state index in [1.54, 1.807) is 31.3 Å². The summed E-state index contributed by atoms with van der Waals surface area (Å²) in [5.74, 6) is -1.91. The van der Waals surface area contributed by atoms with Gasteiger partial charge in [-0.15, -0.1) is 13.2 Å². The van der Waals surface area contributed by atoms with Crippen LogP contribution < -0.4 is 10.3 Å². The van der Waals surface area contributed by atoms with E-state index in [4.69, 9.17) is 4.74 Å². The summed E-state index contributed by atoms with van der Waals surface area (Å²) in [5, 5.41) is 12.9. The Kier molecular flexibility index (Phi) is 8.20. The zero-order chi connectivity index (χ0) is 31.8. The van der Waals surface area contributed by atoms with Crippen molar-refractivity contribution in [3.05, 3.63) is 106 Å². The van der Waals surface area contributed by atoms with Crippen LogP contribution in [0.2, 0.25) is 0 Å². The molecule has 0 radical (unpaired) electrons. The second-order valence-electron chi connectivity index (χ2n) is 12.0. The van der Waals surface area contributed by atoms with E-state index in [2.05, 4.69) is 9.72 Å². The molecule has 230 valence electrons. The number of esters is 1. The minimum absolute atomic E-state index is 0.0493. The van der Waals surface area contributed by atoms with Gasteiger partial charge >= 0.3 is 12.3 Å². The van der Waals surface area contributed by atoms with Gasteiger partial charge in [-0.05, 0) is 46.9 Å². The van der Waals surface area contributed by atoms with Crippen LogP contribution in [0.1, 0.15) is 55.5 Å². The first-order valence-corrected chi connectivity index (χ1v) is 14.1. The molecule has 0 bridgehead atoms.